The summed E-state index contributed by atoms with van der Waals surface area (Å²) in [4.78, 5) is 4.16. The molecule has 0 fully saturated rings. The van der Waals surface area contributed by atoms with Gasteiger partial charge in [-0.05, 0) is 43.2 Å². The Balaban J connectivity index is 2.23. The molecule has 1 aromatic rings. The van der Waals surface area contributed by atoms with Gasteiger partial charge < -0.3 is 5.11 Å². The summed E-state index contributed by atoms with van der Waals surface area (Å²) in [6, 6.07) is 5.72. The van der Waals surface area contributed by atoms with Crippen LogP contribution in [0.25, 0.3) is 6.08 Å². The molecule has 98 valence electrons. The fourth-order valence-electron chi connectivity index (χ4n) is 1.71. The van der Waals surface area contributed by atoms with Gasteiger partial charge in [-0.2, -0.15) is 0 Å². The first-order valence-corrected chi connectivity index (χ1v) is 6.81. The van der Waals surface area contributed by atoms with Crippen LogP contribution in [0.1, 0.15) is 51.1 Å². The predicted octanol–water partition coefficient (Wildman–Crippen LogP) is 4.90. The zero-order valence-corrected chi connectivity index (χ0v) is 11.2. The first-order valence-electron chi connectivity index (χ1n) is 6.81. The van der Waals surface area contributed by atoms with Gasteiger partial charge in [0.15, 0.2) is 0 Å². The van der Waals surface area contributed by atoms with Crippen molar-refractivity contribution in [2.45, 2.75) is 45.4 Å². The summed E-state index contributed by atoms with van der Waals surface area (Å²) in [7, 11) is 0. The summed E-state index contributed by atoms with van der Waals surface area (Å²) in [5.41, 5.74) is 0.861. The molecule has 0 radical (unpaired) electrons. The molecular weight excluding hydrogens is 222 g/mol. The van der Waals surface area contributed by atoms with Crippen molar-refractivity contribution in [3.63, 3.8) is 0 Å². The topological polar surface area (TPSA) is 33.1 Å². The minimum Gasteiger partial charge on any atom is -0.508 e. The van der Waals surface area contributed by atoms with E-state index in [0.29, 0.717) is 5.76 Å². The highest BCUT2D eigenvalue weighted by atomic mass is 16.3. The van der Waals surface area contributed by atoms with Gasteiger partial charge in [-0.25, -0.2) is 0 Å². The average Bonchev–Trinajstić information content (AvgIpc) is 2.41. The van der Waals surface area contributed by atoms with Crippen LogP contribution in [0.2, 0.25) is 0 Å². The molecule has 0 spiro atoms. The quantitative estimate of drug-likeness (QED) is 0.401. The van der Waals surface area contributed by atoms with E-state index in [2.05, 4.69) is 11.9 Å². The van der Waals surface area contributed by atoms with Gasteiger partial charge in [0.05, 0.1) is 5.69 Å². The monoisotopic (exact) mass is 245 g/mol. The van der Waals surface area contributed by atoms with E-state index in [-0.39, 0.29) is 0 Å². The second kappa shape index (κ2) is 9.46. The molecule has 2 heteroatoms. The number of aliphatic hydroxyl groups excluding tert-OH is 1. The second-order valence-electron chi connectivity index (χ2n) is 4.42. The highest BCUT2D eigenvalue weighted by Gasteiger charge is 1.90. The molecule has 0 bridgehead atoms. The lowest BCUT2D eigenvalue weighted by Crippen LogP contribution is -1.80. The summed E-state index contributed by atoms with van der Waals surface area (Å²) < 4.78 is 0. The maximum atomic E-state index is 9.66. The number of nitrogens with zero attached hydrogens (tertiary/aromatic N) is 1. The number of allylic oxidation sites excluding steroid dienone is 2. The molecule has 1 rings (SSSR count). The lowest BCUT2D eigenvalue weighted by molar-refractivity contribution is 0.429. The van der Waals surface area contributed by atoms with Crippen molar-refractivity contribution in [2.24, 2.45) is 0 Å². The van der Waals surface area contributed by atoms with Crippen molar-refractivity contribution in [1.29, 1.82) is 0 Å². The van der Waals surface area contributed by atoms with Gasteiger partial charge in [-0.15, -0.1) is 0 Å². The highest BCUT2D eigenvalue weighted by molar-refractivity contribution is 5.47. The standard InChI is InChI=1S/C16H23NO/c1-2-3-4-5-6-7-11-16(18)13-12-15-10-8-9-14-17-15/h8-14,18H,2-7H2,1H3. The van der Waals surface area contributed by atoms with E-state index in [4.69, 9.17) is 0 Å². The van der Waals surface area contributed by atoms with Crippen molar-refractivity contribution >= 4 is 6.08 Å². The van der Waals surface area contributed by atoms with Crippen LogP contribution in [-0.4, -0.2) is 10.1 Å². The Morgan fingerprint density at radius 3 is 2.78 bits per heavy atom. The Kier molecular flexibility index (Phi) is 7.61. The molecule has 18 heavy (non-hydrogen) atoms. The molecule has 1 aromatic heterocycles. The number of aliphatic hydroxyl groups is 1. The summed E-state index contributed by atoms with van der Waals surface area (Å²) in [5.74, 6) is 0.330. The Morgan fingerprint density at radius 1 is 1.22 bits per heavy atom. The van der Waals surface area contributed by atoms with Crippen LogP contribution in [0.15, 0.2) is 42.3 Å². The SMILES string of the molecule is CCCCCCCC=C(O)C=Cc1ccccn1. The van der Waals surface area contributed by atoms with Crippen LogP contribution in [0.3, 0.4) is 0 Å². The van der Waals surface area contributed by atoms with Gasteiger partial charge in [0.2, 0.25) is 0 Å². The van der Waals surface area contributed by atoms with Crippen LogP contribution in [0, 0.1) is 0 Å². The van der Waals surface area contributed by atoms with Crippen molar-refractivity contribution in [3.05, 3.63) is 48.0 Å². The molecule has 0 aliphatic rings. The molecule has 0 aromatic carbocycles. The average molecular weight is 245 g/mol. The third kappa shape index (κ3) is 6.89. The molecule has 0 amide bonds. The zero-order valence-electron chi connectivity index (χ0n) is 11.2. The van der Waals surface area contributed by atoms with Crippen molar-refractivity contribution in [3.8, 4) is 0 Å². The Labute approximate surface area is 110 Å². The Morgan fingerprint density at radius 2 is 2.06 bits per heavy atom. The van der Waals surface area contributed by atoms with Gasteiger partial charge in [-0.3, -0.25) is 4.98 Å². The van der Waals surface area contributed by atoms with E-state index >= 15 is 0 Å². The highest BCUT2D eigenvalue weighted by Crippen LogP contribution is 2.07. The van der Waals surface area contributed by atoms with E-state index in [1.54, 1.807) is 12.3 Å². The Bertz CT molecular complexity index is 368. The number of pyridine rings is 1. The van der Waals surface area contributed by atoms with Crippen molar-refractivity contribution in [1.82, 2.24) is 4.98 Å². The number of unbranched alkanes of at least 4 members (excludes halogenated alkanes) is 5. The normalized spacial score (nSPS) is 12.2. The molecule has 0 atom stereocenters. The van der Waals surface area contributed by atoms with E-state index in [1.165, 1.54) is 25.7 Å². The van der Waals surface area contributed by atoms with E-state index < -0.39 is 0 Å². The summed E-state index contributed by atoms with van der Waals surface area (Å²) in [6.07, 6.45) is 14.4. The minimum absolute atomic E-state index is 0.330. The lowest BCUT2D eigenvalue weighted by atomic mass is 10.1. The summed E-state index contributed by atoms with van der Waals surface area (Å²) in [6.45, 7) is 2.22. The first-order chi connectivity index (χ1) is 8.83. The molecular formula is C16H23NO. The predicted molar refractivity (Wildman–Crippen MR) is 77.4 cm³/mol. The number of rotatable bonds is 8. The molecule has 2 nitrogen and oxygen atoms in total. The fraction of sp³-hybridized carbons (Fsp3) is 0.438. The summed E-state index contributed by atoms with van der Waals surface area (Å²) in [5, 5.41) is 9.66. The molecule has 0 saturated heterocycles. The molecule has 0 aliphatic carbocycles. The Hall–Kier alpha value is -1.57. The van der Waals surface area contributed by atoms with Crippen molar-refractivity contribution in [2.75, 3.05) is 0 Å². The van der Waals surface area contributed by atoms with Gasteiger partial charge >= 0.3 is 0 Å². The van der Waals surface area contributed by atoms with Crippen LogP contribution in [0.5, 0.6) is 0 Å². The van der Waals surface area contributed by atoms with Gasteiger partial charge in [0, 0.05) is 6.20 Å². The lowest BCUT2D eigenvalue weighted by Gasteiger charge is -1.97. The van der Waals surface area contributed by atoms with E-state index in [9.17, 15) is 5.11 Å². The zero-order chi connectivity index (χ0) is 13.1. The summed E-state index contributed by atoms with van der Waals surface area (Å²) >= 11 is 0. The van der Waals surface area contributed by atoms with Gasteiger partial charge in [0.25, 0.3) is 0 Å². The van der Waals surface area contributed by atoms with Crippen LogP contribution in [-0.2, 0) is 0 Å². The molecule has 0 unspecified atom stereocenters. The number of hydrogen-bond donors (Lipinski definition) is 1. The largest absolute Gasteiger partial charge is 0.508 e. The molecule has 1 N–H and O–H groups in total. The van der Waals surface area contributed by atoms with E-state index in [0.717, 1.165) is 18.5 Å². The molecule has 0 saturated carbocycles. The maximum absolute atomic E-state index is 9.66. The van der Waals surface area contributed by atoms with Gasteiger partial charge in [0.1, 0.15) is 5.76 Å². The van der Waals surface area contributed by atoms with Gasteiger partial charge in [-0.1, -0.05) is 38.7 Å². The third-order valence-corrected chi connectivity index (χ3v) is 2.77. The maximum Gasteiger partial charge on any atom is 0.111 e. The number of hydrogen-bond acceptors (Lipinski definition) is 2. The smallest absolute Gasteiger partial charge is 0.111 e. The fourth-order valence-corrected chi connectivity index (χ4v) is 1.71. The van der Waals surface area contributed by atoms with E-state index in [1.807, 2.05) is 30.4 Å². The van der Waals surface area contributed by atoms with Crippen LogP contribution in [0.4, 0.5) is 0 Å². The third-order valence-electron chi connectivity index (χ3n) is 2.77. The molecule has 0 aliphatic heterocycles. The second-order valence-corrected chi connectivity index (χ2v) is 4.42. The molecule has 1 heterocycles. The number of aromatic nitrogens is 1. The minimum atomic E-state index is 0.330. The first kappa shape index (κ1) is 14.5. The van der Waals surface area contributed by atoms with Crippen molar-refractivity contribution < 1.29 is 5.11 Å². The van der Waals surface area contributed by atoms with Crippen LogP contribution < -0.4 is 0 Å². The van der Waals surface area contributed by atoms with Crippen LogP contribution >= 0.6 is 0 Å².